The first-order chi connectivity index (χ1) is 10.0. The maximum atomic E-state index is 12.1. The van der Waals surface area contributed by atoms with Crippen LogP contribution in [0.4, 0.5) is 5.69 Å². The molecular weight excluding hydrogens is 266 g/mol. The molecule has 0 aromatic heterocycles. The van der Waals surface area contributed by atoms with E-state index in [1.807, 2.05) is 24.3 Å². The molecule has 0 bridgehead atoms. The van der Waals surface area contributed by atoms with Gasteiger partial charge in [-0.15, -0.1) is 0 Å². The van der Waals surface area contributed by atoms with Gasteiger partial charge in [-0.1, -0.05) is 12.1 Å². The molecule has 1 atom stereocenters. The highest BCUT2D eigenvalue weighted by Crippen LogP contribution is 2.23. The van der Waals surface area contributed by atoms with Gasteiger partial charge in [0.25, 0.3) is 0 Å². The molecule has 5 heteroatoms. The maximum absolute atomic E-state index is 12.1. The number of amides is 1. The molecule has 1 aliphatic rings. The standard InChI is InChI=1S/C16H25N3O2/c1-16(21-2)8-3-9-19(12-16)11-15(20)18-14-6-4-13(10-17)5-7-14/h4-7H,3,8-12,17H2,1-2H3,(H,18,20). The average Bonchev–Trinajstić information content (AvgIpc) is 2.48. The van der Waals surface area contributed by atoms with E-state index in [4.69, 9.17) is 10.5 Å². The highest BCUT2D eigenvalue weighted by atomic mass is 16.5. The van der Waals surface area contributed by atoms with Crippen molar-refractivity contribution in [2.45, 2.75) is 31.9 Å². The largest absolute Gasteiger partial charge is 0.377 e. The number of likely N-dealkylation sites (tertiary alicyclic amines) is 1. The fraction of sp³-hybridized carbons (Fsp3) is 0.562. The number of carbonyl (C=O) groups excluding carboxylic acids is 1. The van der Waals surface area contributed by atoms with Gasteiger partial charge in [-0.3, -0.25) is 9.69 Å². The molecule has 1 unspecified atom stereocenters. The summed E-state index contributed by atoms with van der Waals surface area (Å²) in [6.07, 6.45) is 2.10. The van der Waals surface area contributed by atoms with E-state index in [0.29, 0.717) is 13.1 Å². The van der Waals surface area contributed by atoms with Crippen molar-refractivity contribution in [2.75, 3.05) is 32.1 Å². The predicted octanol–water partition coefficient (Wildman–Crippen LogP) is 1.58. The van der Waals surface area contributed by atoms with Crippen molar-refractivity contribution in [3.8, 4) is 0 Å². The molecule has 1 amide bonds. The van der Waals surface area contributed by atoms with Crippen molar-refractivity contribution in [3.63, 3.8) is 0 Å². The summed E-state index contributed by atoms with van der Waals surface area (Å²) in [7, 11) is 1.74. The van der Waals surface area contributed by atoms with Crippen LogP contribution in [0.1, 0.15) is 25.3 Å². The Kier molecular flexibility index (Phi) is 5.33. The van der Waals surface area contributed by atoms with Crippen LogP contribution in [0.3, 0.4) is 0 Å². The molecule has 1 saturated heterocycles. The molecule has 1 aromatic carbocycles. The number of benzene rings is 1. The highest BCUT2D eigenvalue weighted by molar-refractivity contribution is 5.92. The number of anilines is 1. The molecule has 0 radical (unpaired) electrons. The van der Waals surface area contributed by atoms with E-state index < -0.39 is 0 Å². The van der Waals surface area contributed by atoms with Crippen molar-refractivity contribution < 1.29 is 9.53 Å². The monoisotopic (exact) mass is 291 g/mol. The summed E-state index contributed by atoms with van der Waals surface area (Å²) in [5.41, 5.74) is 7.28. The van der Waals surface area contributed by atoms with E-state index in [1.54, 1.807) is 7.11 Å². The minimum Gasteiger partial charge on any atom is -0.377 e. The summed E-state index contributed by atoms with van der Waals surface area (Å²) in [6, 6.07) is 7.63. The lowest BCUT2D eigenvalue weighted by Gasteiger charge is -2.39. The zero-order valence-electron chi connectivity index (χ0n) is 12.9. The number of carbonyl (C=O) groups is 1. The van der Waals surface area contributed by atoms with E-state index >= 15 is 0 Å². The van der Waals surface area contributed by atoms with Crippen molar-refractivity contribution in [1.29, 1.82) is 0 Å². The zero-order valence-corrected chi connectivity index (χ0v) is 12.9. The molecule has 1 fully saturated rings. The number of nitrogens with one attached hydrogen (secondary N) is 1. The topological polar surface area (TPSA) is 67.6 Å². The number of piperidine rings is 1. The van der Waals surface area contributed by atoms with Gasteiger partial charge in [0.2, 0.25) is 5.91 Å². The van der Waals surface area contributed by atoms with Gasteiger partial charge in [-0.2, -0.15) is 0 Å². The van der Waals surface area contributed by atoms with E-state index in [2.05, 4.69) is 17.1 Å². The Morgan fingerprint density at radius 2 is 2.14 bits per heavy atom. The Balaban J connectivity index is 1.86. The minimum absolute atomic E-state index is 0.0100. The third kappa shape index (κ3) is 4.52. The molecule has 5 nitrogen and oxygen atoms in total. The fourth-order valence-electron chi connectivity index (χ4n) is 2.74. The predicted molar refractivity (Wildman–Crippen MR) is 84.1 cm³/mol. The van der Waals surface area contributed by atoms with Crippen molar-refractivity contribution in [1.82, 2.24) is 4.90 Å². The second-order valence-corrected chi connectivity index (χ2v) is 5.92. The summed E-state index contributed by atoms with van der Waals surface area (Å²) in [5.74, 6) is 0.0100. The van der Waals surface area contributed by atoms with E-state index in [0.717, 1.165) is 37.2 Å². The van der Waals surface area contributed by atoms with E-state index in [-0.39, 0.29) is 11.5 Å². The van der Waals surface area contributed by atoms with Crippen LogP contribution in [-0.2, 0) is 16.1 Å². The Morgan fingerprint density at radius 1 is 1.43 bits per heavy atom. The lowest BCUT2D eigenvalue weighted by Crippen LogP contribution is -2.49. The minimum atomic E-state index is -0.138. The molecule has 1 heterocycles. The molecule has 0 aliphatic carbocycles. The van der Waals surface area contributed by atoms with Crippen LogP contribution in [0.15, 0.2) is 24.3 Å². The van der Waals surface area contributed by atoms with Gasteiger partial charge in [-0.25, -0.2) is 0 Å². The number of nitrogens with two attached hydrogens (primary N) is 1. The van der Waals surface area contributed by atoms with Gasteiger partial charge < -0.3 is 15.8 Å². The van der Waals surface area contributed by atoms with Gasteiger partial charge in [-0.05, 0) is 44.0 Å². The quantitative estimate of drug-likeness (QED) is 0.864. The number of hydrogen-bond acceptors (Lipinski definition) is 4. The Morgan fingerprint density at radius 3 is 2.76 bits per heavy atom. The van der Waals surface area contributed by atoms with Crippen molar-refractivity contribution in [2.24, 2.45) is 5.73 Å². The molecule has 1 aromatic rings. The van der Waals surface area contributed by atoms with Crippen LogP contribution < -0.4 is 11.1 Å². The van der Waals surface area contributed by atoms with Crippen LogP contribution in [-0.4, -0.2) is 43.2 Å². The molecular formula is C16H25N3O2. The van der Waals surface area contributed by atoms with Crippen LogP contribution in [0.5, 0.6) is 0 Å². The normalized spacial score (nSPS) is 23.0. The van der Waals surface area contributed by atoms with Gasteiger partial charge in [0, 0.05) is 25.9 Å². The van der Waals surface area contributed by atoms with Crippen molar-refractivity contribution >= 4 is 11.6 Å². The first-order valence-corrected chi connectivity index (χ1v) is 7.41. The second-order valence-electron chi connectivity index (χ2n) is 5.92. The average molecular weight is 291 g/mol. The summed E-state index contributed by atoms with van der Waals surface area (Å²) >= 11 is 0. The van der Waals surface area contributed by atoms with Gasteiger partial charge in [0.15, 0.2) is 0 Å². The van der Waals surface area contributed by atoms with Crippen LogP contribution >= 0.6 is 0 Å². The zero-order chi connectivity index (χ0) is 15.3. The van der Waals surface area contributed by atoms with E-state index in [1.165, 1.54) is 0 Å². The SMILES string of the molecule is COC1(C)CCCN(CC(=O)Nc2ccc(CN)cc2)C1. The highest BCUT2D eigenvalue weighted by Gasteiger charge is 2.31. The first-order valence-electron chi connectivity index (χ1n) is 7.41. The molecule has 0 spiro atoms. The number of rotatable bonds is 5. The molecule has 1 aliphatic heterocycles. The Bertz CT molecular complexity index is 475. The third-order valence-corrected chi connectivity index (χ3v) is 4.07. The summed E-state index contributed by atoms with van der Waals surface area (Å²) in [6.45, 7) is 4.75. The molecule has 116 valence electrons. The van der Waals surface area contributed by atoms with Crippen LogP contribution in [0.2, 0.25) is 0 Å². The molecule has 21 heavy (non-hydrogen) atoms. The van der Waals surface area contributed by atoms with Crippen LogP contribution in [0, 0.1) is 0 Å². The summed E-state index contributed by atoms with van der Waals surface area (Å²) in [4.78, 5) is 14.3. The lowest BCUT2D eigenvalue weighted by molar-refractivity contribution is -0.119. The van der Waals surface area contributed by atoms with Gasteiger partial charge >= 0.3 is 0 Å². The molecule has 2 rings (SSSR count). The second kappa shape index (κ2) is 7.02. The number of nitrogens with zero attached hydrogens (tertiary/aromatic N) is 1. The number of hydrogen-bond donors (Lipinski definition) is 2. The molecule has 0 saturated carbocycles. The van der Waals surface area contributed by atoms with E-state index in [9.17, 15) is 4.79 Å². The third-order valence-electron chi connectivity index (χ3n) is 4.07. The Labute approximate surface area is 126 Å². The number of ether oxygens (including phenoxy) is 1. The summed E-state index contributed by atoms with van der Waals surface area (Å²) in [5, 5.41) is 2.92. The summed E-state index contributed by atoms with van der Waals surface area (Å²) < 4.78 is 5.55. The fourth-order valence-corrected chi connectivity index (χ4v) is 2.74. The first kappa shape index (κ1) is 15.9. The lowest BCUT2D eigenvalue weighted by atomic mass is 9.95. The Hall–Kier alpha value is -1.43. The van der Waals surface area contributed by atoms with Gasteiger partial charge in [0.05, 0.1) is 12.1 Å². The van der Waals surface area contributed by atoms with Gasteiger partial charge in [0.1, 0.15) is 0 Å². The number of methoxy groups -OCH3 is 1. The molecule has 3 N–H and O–H groups in total. The van der Waals surface area contributed by atoms with Crippen molar-refractivity contribution in [3.05, 3.63) is 29.8 Å². The smallest absolute Gasteiger partial charge is 0.238 e. The maximum Gasteiger partial charge on any atom is 0.238 e. The van der Waals surface area contributed by atoms with Crippen LogP contribution in [0.25, 0.3) is 0 Å².